The second kappa shape index (κ2) is 5.92. The van der Waals surface area contributed by atoms with Gasteiger partial charge in [-0.1, -0.05) is 24.9 Å². The first-order valence-electron chi connectivity index (χ1n) is 6.33. The van der Waals surface area contributed by atoms with Crippen molar-refractivity contribution in [2.24, 2.45) is 11.0 Å². The predicted molar refractivity (Wildman–Crippen MR) is 76.8 cm³/mol. The Bertz CT molecular complexity index is 567. The summed E-state index contributed by atoms with van der Waals surface area (Å²) in [5.41, 5.74) is 0.934. The third kappa shape index (κ3) is 3.70. The number of halogens is 1. The zero-order valence-electron chi connectivity index (χ0n) is 10.8. The standard InChI is InChI=1S/C13H17ClN2O2S/c1-10-4-2-3-5-13(10)15-16-19(17,18)12-8-6-11(14)7-9-12/h6-10,16H,2-5H2,1H3/b15-13-. The zero-order chi connectivity index (χ0) is 13.9. The Morgan fingerprint density at radius 2 is 1.95 bits per heavy atom. The summed E-state index contributed by atoms with van der Waals surface area (Å²) in [6, 6.07) is 6.03. The Hall–Kier alpha value is -1.07. The first-order chi connectivity index (χ1) is 8.99. The lowest BCUT2D eigenvalue weighted by Crippen LogP contribution is -2.24. The van der Waals surface area contributed by atoms with E-state index < -0.39 is 10.0 Å². The molecule has 1 aromatic carbocycles. The zero-order valence-corrected chi connectivity index (χ0v) is 12.3. The van der Waals surface area contributed by atoms with Gasteiger partial charge in [-0.2, -0.15) is 13.5 Å². The summed E-state index contributed by atoms with van der Waals surface area (Å²) in [7, 11) is -3.60. The topological polar surface area (TPSA) is 58.5 Å². The Morgan fingerprint density at radius 3 is 2.58 bits per heavy atom. The first kappa shape index (κ1) is 14.3. The van der Waals surface area contributed by atoms with Gasteiger partial charge in [-0.25, -0.2) is 4.83 Å². The number of rotatable bonds is 3. The molecule has 1 saturated carbocycles. The van der Waals surface area contributed by atoms with Crippen LogP contribution in [0.1, 0.15) is 32.6 Å². The minimum Gasteiger partial charge on any atom is -0.200 e. The molecule has 1 aromatic rings. The average Bonchev–Trinajstić information content (AvgIpc) is 2.38. The fourth-order valence-corrected chi connectivity index (χ4v) is 3.08. The largest absolute Gasteiger partial charge is 0.276 e. The summed E-state index contributed by atoms with van der Waals surface area (Å²) in [4.78, 5) is 2.48. The third-order valence-corrected chi connectivity index (χ3v) is 4.80. The van der Waals surface area contributed by atoms with Crippen molar-refractivity contribution < 1.29 is 8.42 Å². The van der Waals surface area contributed by atoms with Crippen LogP contribution in [0.4, 0.5) is 0 Å². The summed E-state index contributed by atoms with van der Waals surface area (Å²) in [5, 5.41) is 4.59. The number of nitrogens with zero attached hydrogens (tertiary/aromatic N) is 1. The molecule has 4 nitrogen and oxygen atoms in total. The van der Waals surface area contributed by atoms with Gasteiger partial charge in [0.1, 0.15) is 0 Å². The van der Waals surface area contributed by atoms with Crippen LogP contribution in [0.25, 0.3) is 0 Å². The van der Waals surface area contributed by atoms with Crippen LogP contribution in [0, 0.1) is 5.92 Å². The number of nitrogens with one attached hydrogen (secondary N) is 1. The van der Waals surface area contributed by atoms with Crippen molar-refractivity contribution in [3.05, 3.63) is 29.3 Å². The van der Waals surface area contributed by atoms with Gasteiger partial charge in [0.25, 0.3) is 10.0 Å². The Kier molecular flexibility index (Phi) is 4.47. The van der Waals surface area contributed by atoms with Crippen molar-refractivity contribution in [1.82, 2.24) is 4.83 Å². The van der Waals surface area contributed by atoms with Crippen LogP contribution in [-0.2, 0) is 10.0 Å². The molecule has 1 atom stereocenters. The van der Waals surface area contributed by atoms with Crippen molar-refractivity contribution in [3.63, 3.8) is 0 Å². The molecule has 0 aliphatic heterocycles. The van der Waals surface area contributed by atoms with E-state index >= 15 is 0 Å². The smallest absolute Gasteiger partial charge is 0.200 e. The van der Waals surface area contributed by atoms with E-state index in [0.717, 1.165) is 25.0 Å². The van der Waals surface area contributed by atoms with Crippen LogP contribution in [0.3, 0.4) is 0 Å². The van der Waals surface area contributed by atoms with Crippen molar-refractivity contribution >= 4 is 27.3 Å². The molecule has 2 rings (SSSR count). The molecule has 0 radical (unpaired) electrons. The Balaban J connectivity index is 2.13. The van der Waals surface area contributed by atoms with E-state index in [4.69, 9.17) is 11.6 Å². The second-order valence-corrected chi connectivity index (χ2v) is 6.90. The number of hydrazone groups is 1. The van der Waals surface area contributed by atoms with Crippen LogP contribution >= 0.6 is 11.6 Å². The summed E-state index contributed by atoms with van der Waals surface area (Å²) in [6.07, 6.45) is 4.20. The predicted octanol–water partition coefficient (Wildman–Crippen LogP) is 3.18. The Labute approximate surface area is 118 Å². The maximum absolute atomic E-state index is 12.0. The van der Waals surface area contributed by atoms with E-state index in [1.165, 1.54) is 18.6 Å². The molecule has 0 bridgehead atoms. The number of hydrogen-bond acceptors (Lipinski definition) is 3. The van der Waals surface area contributed by atoms with Crippen molar-refractivity contribution in [1.29, 1.82) is 0 Å². The highest BCUT2D eigenvalue weighted by molar-refractivity contribution is 7.89. The SMILES string of the molecule is CC1CCCC/C1=N/NS(=O)(=O)c1ccc(Cl)cc1. The van der Waals surface area contributed by atoms with E-state index in [1.807, 2.05) is 0 Å². The minimum absolute atomic E-state index is 0.171. The number of hydrogen-bond donors (Lipinski definition) is 1. The quantitative estimate of drug-likeness (QED) is 0.872. The highest BCUT2D eigenvalue weighted by Crippen LogP contribution is 2.21. The van der Waals surface area contributed by atoms with Crippen LogP contribution in [0.2, 0.25) is 5.02 Å². The summed E-state index contributed by atoms with van der Waals surface area (Å²) < 4.78 is 24.1. The van der Waals surface area contributed by atoms with Crippen LogP contribution < -0.4 is 4.83 Å². The average molecular weight is 301 g/mol. The monoisotopic (exact) mass is 300 g/mol. The molecule has 0 aromatic heterocycles. The fraction of sp³-hybridized carbons (Fsp3) is 0.462. The van der Waals surface area contributed by atoms with E-state index in [9.17, 15) is 8.42 Å². The summed E-state index contributed by atoms with van der Waals surface area (Å²) in [6.45, 7) is 2.08. The highest BCUT2D eigenvalue weighted by Gasteiger charge is 2.18. The van der Waals surface area contributed by atoms with Crippen LogP contribution in [0.5, 0.6) is 0 Å². The molecule has 0 amide bonds. The molecular weight excluding hydrogens is 284 g/mol. The summed E-state index contributed by atoms with van der Waals surface area (Å²) in [5.74, 6) is 0.349. The van der Waals surface area contributed by atoms with Crippen molar-refractivity contribution in [3.8, 4) is 0 Å². The molecule has 1 unspecified atom stereocenters. The normalized spacial score (nSPS) is 22.4. The molecule has 104 valence electrons. The van der Waals surface area contributed by atoms with Gasteiger partial charge in [-0.15, -0.1) is 0 Å². The van der Waals surface area contributed by atoms with Crippen LogP contribution in [0.15, 0.2) is 34.3 Å². The maximum atomic E-state index is 12.0. The first-order valence-corrected chi connectivity index (χ1v) is 8.19. The molecule has 6 heteroatoms. The maximum Gasteiger partial charge on any atom is 0.276 e. The van der Waals surface area contributed by atoms with Gasteiger partial charge in [0.05, 0.1) is 4.90 Å². The molecule has 0 spiro atoms. The van der Waals surface area contributed by atoms with Gasteiger partial charge in [0.15, 0.2) is 0 Å². The van der Waals surface area contributed by atoms with Gasteiger partial charge in [0, 0.05) is 10.7 Å². The Morgan fingerprint density at radius 1 is 1.26 bits per heavy atom. The van der Waals surface area contributed by atoms with Crippen LogP contribution in [-0.4, -0.2) is 14.1 Å². The lowest BCUT2D eigenvalue weighted by molar-refractivity contribution is 0.552. The molecule has 19 heavy (non-hydrogen) atoms. The lowest BCUT2D eigenvalue weighted by atomic mass is 9.89. The molecule has 0 heterocycles. The molecular formula is C13H17ClN2O2S. The van der Waals surface area contributed by atoms with E-state index in [-0.39, 0.29) is 4.90 Å². The van der Waals surface area contributed by atoms with Gasteiger partial charge in [-0.05, 0) is 49.4 Å². The van der Waals surface area contributed by atoms with Gasteiger partial charge < -0.3 is 0 Å². The van der Waals surface area contributed by atoms with E-state index in [2.05, 4.69) is 16.9 Å². The van der Waals surface area contributed by atoms with Crippen molar-refractivity contribution in [2.45, 2.75) is 37.5 Å². The van der Waals surface area contributed by atoms with Gasteiger partial charge in [-0.3, -0.25) is 0 Å². The van der Waals surface area contributed by atoms with Crippen molar-refractivity contribution in [2.75, 3.05) is 0 Å². The molecule has 1 N–H and O–H groups in total. The van der Waals surface area contributed by atoms with Gasteiger partial charge >= 0.3 is 0 Å². The number of benzene rings is 1. The molecule has 1 aliphatic rings. The second-order valence-electron chi connectivity index (χ2n) is 4.80. The van der Waals surface area contributed by atoms with E-state index in [1.54, 1.807) is 12.1 Å². The fourth-order valence-electron chi connectivity index (χ4n) is 2.12. The van der Waals surface area contributed by atoms with E-state index in [0.29, 0.717) is 10.9 Å². The molecule has 1 aliphatic carbocycles. The highest BCUT2D eigenvalue weighted by atomic mass is 35.5. The third-order valence-electron chi connectivity index (χ3n) is 3.32. The summed E-state index contributed by atoms with van der Waals surface area (Å²) >= 11 is 5.74. The van der Waals surface area contributed by atoms with Gasteiger partial charge in [0.2, 0.25) is 0 Å². The molecule has 1 fully saturated rings. The minimum atomic E-state index is -3.60. The molecule has 0 saturated heterocycles. The number of sulfonamides is 1. The lowest BCUT2D eigenvalue weighted by Gasteiger charge is -2.19.